The van der Waals surface area contributed by atoms with Crippen LogP contribution in [0.4, 0.5) is 0 Å². The van der Waals surface area contributed by atoms with Crippen LogP contribution in [0.5, 0.6) is 0 Å². The van der Waals surface area contributed by atoms with Gasteiger partial charge >= 0.3 is 0 Å². The molecule has 0 aromatic heterocycles. The van der Waals surface area contributed by atoms with Gasteiger partial charge in [0.1, 0.15) is 0 Å². The Morgan fingerprint density at radius 1 is 1.35 bits per heavy atom. The van der Waals surface area contributed by atoms with Crippen LogP contribution in [0.2, 0.25) is 0 Å². The van der Waals surface area contributed by atoms with Crippen molar-refractivity contribution in [2.24, 2.45) is 17.7 Å². The van der Waals surface area contributed by atoms with Gasteiger partial charge in [-0.15, -0.1) is 0 Å². The van der Waals surface area contributed by atoms with Gasteiger partial charge in [-0.25, -0.2) is 0 Å². The molecule has 0 heterocycles. The fraction of sp³-hybridized carbons (Fsp3) is 0.571. The highest BCUT2D eigenvalue weighted by Crippen LogP contribution is 2.37. The summed E-state index contributed by atoms with van der Waals surface area (Å²) in [5.74, 6) is 7.32. The highest BCUT2D eigenvalue weighted by Gasteiger charge is 2.27. The van der Waals surface area contributed by atoms with Gasteiger partial charge in [-0.3, -0.25) is 11.3 Å². The summed E-state index contributed by atoms with van der Waals surface area (Å²) in [6.45, 7) is 2.36. The van der Waals surface area contributed by atoms with Crippen molar-refractivity contribution in [1.82, 2.24) is 5.43 Å². The Labute approximate surface area is 117 Å². The zero-order chi connectivity index (χ0) is 12.3. The minimum absolute atomic E-state index is 0.311. The Morgan fingerprint density at radius 3 is 2.76 bits per heavy atom. The van der Waals surface area contributed by atoms with Crippen LogP contribution in [0.1, 0.15) is 44.2 Å². The van der Waals surface area contributed by atoms with E-state index in [0.717, 1.165) is 5.92 Å². The minimum atomic E-state index is 0.311. The van der Waals surface area contributed by atoms with Gasteiger partial charge in [0.25, 0.3) is 0 Å². The number of hydrazine groups is 1. The molecular weight excluding hydrogens is 323 g/mol. The predicted octanol–water partition coefficient (Wildman–Crippen LogP) is 3.62. The third-order valence-corrected chi connectivity index (χ3v) is 4.85. The summed E-state index contributed by atoms with van der Waals surface area (Å²) in [4.78, 5) is 0. The van der Waals surface area contributed by atoms with E-state index in [9.17, 15) is 0 Å². The zero-order valence-electron chi connectivity index (χ0n) is 10.3. The van der Waals surface area contributed by atoms with E-state index in [2.05, 4.69) is 59.2 Å². The molecule has 3 heteroatoms. The van der Waals surface area contributed by atoms with Crippen LogP contribution >= 0.6 is 22.6 Å². The first-order valence-corrected chi connectivity index (χ1v) is 7.50. The van der Waals surface area contributed by atoms with Crippen LogP contribution in [-0.4, -0.2) is 0 Å². The number of halogens is 1. The second-order valence-corrected chi connectivity index (χ2v) is 6.36. The fourth-order valence-electron chi connectivity index (χ4n) is 2.99. The van der Waals surface area contributed by atoms with Crippen LogP contribution in [0.15, 0.2) is 24.3 Å². The molecule has 1 fully saturated rings. The molecule has 1 aliphatic rings. The number of nitrogens with one attached hydrogen (secondary N) is 1. The van der Waals surface area contributed by atoms with E-state index in [-0.39, 0.29) is 0 Å². The predicted molar refractivity (Wildman–Crippen MR) is 80.3 cm³/mol. The van der Waals surface area contributed by atoms with Crippen molar-refractivity contribution in [2.75, 3.05) is 0 Å². The first-order valence-electron chi connectivity index (χ1n) is 6.43. The maximum Gasteiger partial charge on any atom is 0.0498 e. The summed E-state index contributed by atoms with van der Waals surface area (Å²) >= 11 is 2.40. The molecule has 2 nitrogen and oxygen atoms in total. The summed E-state index contributed by atoms with van der Waals surface area (Å²) in [7, 11) is 0. The van der Waals surface area contributed by atoms with E-state index in [4.69, 9.17) is 5.84 Å². The molecule has 3 atom stereocenters. The molecule has 1 saturated carbocycles. The Hall–Kier alpha value is -0.130. The first kappa shape index (κ1) is 13.3. The smallest absolute Gasteiger partial charge is 0.0498 e. The molecule has 0 spiro atoms. The molecule has 0 aliphatic heterocycles. The highest BCUT2D eigenvalue weighted by molar-refractivity contribution is 14.1. The van der Waals surface area contributed by atoms with Gasteiger partial charge in [-0.2, -0.15) is 0 Å². The standard InChI is InChI=1S/C14H21IN2/c1-10-5-4-6-11(9-10)14(17-16)12-7-2-3-8-13(12)15/h2-3,7-8,10-11,14,17H,4-6,9,16H2,1H3. The van der Waals surface area contributed by atoms with Crippen molar-refractivity contribution in [3.05, 3.63) is 33.4 Å². The molecule has 0 saturated heterocycles. The van der Waals surface area contributed by atoms with E-state index in [1.54, 1.807) is 0 Å². The molecule has 3 N–H and O–H groups in total. The average Bonchev–Trinajstić information content (AvgIpc) is 2.33. The van der Waals surface area contributed by atoms with Crippen LogP contribution in [0.3, 0.4) is 0 Å². The SMILES string of the molecule is CC1CCCC(C(NN)c2ccccc2I)C1. The molecule has 0 radical (unpaired) electrons. The number of hydrogen-bond acceptors (Lipinski definition) is 2. The van der Waals surface area contributed by atoms with E-state index in [1.807, 2.05) is 0 Å². The van der Waals surface area contributed by atoms with Crippen LogP contribution in [0.25, 0.3) is 0 Å². The molecule has 3 unspecified atom stereocenters. The lowest BCUT2D eigenvalue weighted by molar-refractivity contribution is 0.224. The molecule has 1 aromatic carbocycles. The van der Waals surface area contributed by atoms with Crippen LogP contribution < -0.4 is 11.3 Å². The zero-order valence-corrected chi connectivity index (χ0v) is 12.5. The molecule has 1 aliphatic carbocycles. The molecule has 1 aromatic rings. The third kappa shape index (κ3) is 3.20. The second-order valence-electron chi connectivity index (χ2n) is 5.20. The maximum atomic E-state index is 5.80. The molecule has 0 bridgehead atoms. The quantitative estimate of drug-likeness (QED) is 0.499. The summed E-state index contributed by atoms with van der Waals surface area (Å²) in [6.07, 6.45) is 5.30. The van der Waals surface area contributed by atoms with Crippen molar-refractivity contribution >= 4 is 22.6 Å². The fourth-order valence-corrected chi connectivity index (χ4v) is 3.71. The van der Waals surface area contributed by atoms with Crippen LogP contribution in [0, 0.1) is 15.4 Å². The van der Waals surface area contributed by atoms with Gasteiger partial charge in [0.05, 0.1) is 0 Å². The van der Waals surface area contributed by atoms with Crippen molar-refractivity contribution in [3.63, 3.8) is 0 Å². The Balaban J connectivity index is 2.18. The molecular formula is C14H21IN2. The largest absolute Gasteiger partial charge is 0.271 e. The normalized spacial score (nSPS) is 26.8. The molecule has 94 valence electrons. The van der Waals surface area contributed by atoms with Crippen LogP contribution in [-0.2, 0) is 0 Å². The van der Waals surface area contributed by atoms with Crippen molar-refractivity contribution in [2.45, 2.75) is 38.6 Å². The minimum Gasteiger partial charge on any atom is -0.271 e. The van der Waals surface area contributed by atoms with E-state index in [0.29, 0.717) is 12.0 Å². The van der Waals surface area contributed by atoms with E-state index in [1.165, 1.54) is 34.8 Å². The number of nitrogens with two attached hydrogens (primary N) is 1. The number of benzene rings is 1. The van der Waals surface area contributed by atoms with Gasteiger partial charge in [0.2, 0.25) is 0 Å². The Morgan fingerprint density at radius 2 is 2.12 bits per heavy atom. The van der Waals surface area contributed by atoms with E-state index >= 15 is 0 Å². The lowest BCUT2D eigenvalue weighted by Crippen LogP contribution is -2.36. The molecule has 17 heavy (non-hydrogen) atoms. The second kappa shape index (κ2) is 6.16. The van der Waals surface area contributed by atoms with E-state index < -0.39 is 0 Å². The average molecular weight is 344 g/mol. The lowest BCUT2D eigenvalue weighted by Gasteiger charge is -2.33. The van der Waals surface area contributed by atoms with Crippen molar-refractivity contribution in [1.29, 1.82) is 0 Å². The lowest BCUT2D eigenvalue weighted by atomic mass is 9.77. The van der Waals surface area contributed by atoms with Gasteiger partial charge in [0.15, 0.2) is 0 Å². The summed E-state index contributed by atoms with van der Waals surface area (Å²) in [6, 6.07) is 8.86. The maximum absolute atomic E-state index is 5.80. The Bertz CT molecular complexity index is 367. The van der Waals surface area contributed by atoms with Gasteiger partial charge < -0.3 is 0 Å². The monoisotopic (exact) mass is 344 g/mol. The molecule has 0 amide bonds. The van der Waals surface area contributed by atoms with Gasteiger partial charge in [-0.05, 0) is 58.9 Å². The summed E-state index contributed by atoms with van der Waals surface area (Å²) in [5, 5.41) is 0. The number of hydrogen-bond donors (Lipinski definition) is 2. The summed E-state index contributed by atoms with van der Waals surface area (Å²) < 4.78 is 1.31. The highest BCUT2D eigenvalue weighted by atomic mass is 127. The topological polar surface area (TPSA) is 38.0 Å². The van der Waals surface area contributed by atoms with Crippen molar-refractivity contribution < 1.29 is 0 Å². The number of rotatable bonds is 3. The summed E-state index contributed by atoms with van der Waals surface area (Å²) in [5.41, 5.74) is 4.40. The van der Waals surface area contributed by atoms with Gasteiger partial charge in [-0.1, -0.05) is 38.0 Å². The first-order chi connectivity index (χ1) is 8.22. The Kier molecular flexibility index (Phi) is 4.82. The third-order valence-electron chi connectivity index (χ3n) is 3.87. The van der Waals surface area contributed by atoms with Gasteiger partial charge in [0, 0.05) is 9.61 Å². The van der Waals surface area contributed by atoms with Crippen molar-refractivity contribution in [3.8, 4) is 0 Å². The molecule has 2 rings (SSSR count).